The van der Waals surface area contributed by atoms with Crippen LogP contribution >= 0.6 is 12.2 Å². The number of nitrogens with zero attached hydrogens (tertiary/aromatic N) is 1. The molecule has 0 aliphatic heterocycles. The zero-order valence-electron chi connectivity index (χ0n) is 12.9. The maximum atomic E-state index is 14.2. The second-order valence-corrected chi connectivity index (χ2v) is 6.13. The molecule has 0 bridgehead atoms. The van der Waals surface area contributed by atoms with Gasteiger partial charge in [0.05, 0.1) is 10.6 Å². The van der Waals surface area contributed by atoms with Gasteiger partial charge in [-0.15, -0.1) is 0 Å². The summed E-state index contributed by atoms with van der Waals surface area (Å²) >= 11 is 5.29. The van der Waals surface area contributed by atoms with Crippen molar-refractivity contribution in [2.75, 3.05) is 11.9 Å². The third-order valence-electron chi connectivity index (χ3n) is 4.26. The number of halogens is 1. The van der Waals surface area contributed by atoms with E-state index in [2.05, 4.69) is 5.32 Å². The van der Waals surface area contributed by atoms with E-state index in [0.29, 0.717) is 23.5 Å². The summed E-state index contributed by atoms with van der Waals surface area (Å²) in [5.41, 5.74) is -0.196. The van der Waals surface area contributed by atoms with Crippen molar-refractivity contribution < 1.29 is 14.0 Å². The SMILES string of the molecule is CNC(=O)c1ccc(N(C(C)=S)C2(C(C)=O)CCC2)cc1F. The summed E-state index contributed by atoms with van der Waals surface area (Å²) < 4.78 is 14.2. The molecule has 1 fully saturated rings. The molecule has 2 rings (SSSR count). The van der Waals surface area contributed by atoms with E-state index in [-0.39, 0.29) is 11.3 Å². The van der Waals surface area contributed by atoms with Crippen molar-refractivity contribution >= 4 is 34.6 Å². The number of thiocarbonyl (C=S) groups is 1. The number of Topliss-reactive ketones (excluding diaryl/α,β-unsaturated/α-hetero) is 1. The fourth-order valence-corrected chi connectivity index (χ4v) is 3.22. The second kappa shape index (κ2) is 6.12. The monoisotopic (exact) mass is 322 g/mol. The number of benzene rings is 1. The van der Waals surface area contributed by atoms with Gasteiger partial charge < -0.3 is 10.2 Å². The van der Waals surface area contributed by atoms with Gasteiger partial charge in [-0.3, -0.25) is 9.59 Å². The number of nitrogens with one attached hydrogen (secondary N) is 1. The van der Waals surface area contributed by atoms with Crippen molar-refractivity contribution in [1.29, 1.82) is 0 Å². The molecule has 0 radical (unpaired) electrons. The number of amides is 1. The number of ketones is 1. The molecule has 1 aromatic rings. The van der Waals surface area contributed by atoms with Gasteiger partial charge in [-0.05, 0) is 51.3 Å². The lowest BCUT2D eigenvalue weighted by Crippen LogP contribution is -2.60. The lowest BCUT2D eigenvalue weighted by molar-refractivity contribution is -0.124. The van der Waals surface area contributed by atoms with E-state index in [1.165, 1.54) is 19.2 Å². The van der Waals surface area contributed by atoms with Crippen LogP contribution in [0.15, 0.2) is 18.2 Å². The Labute approximate surface area is 134 Å². The predicted molar refractivity (Wildman–Crippen MR) is 87.8 cm³/mol. The molecular weight excluding hydrogens is 303 g/mol. The largest absolute Gasteiger partial charge is 0.355 e. The quantitative estimate of drug-likeness (QED) is 0.866. The van der Waals surface area contributed by atoms with Gasteiger partial charge in [-0.25, -0.2) is 4.39 Å². The third-order valence-corrected chi connectivity index (χ3v) is 4.44. The average Bonchev–Trinajstić information content (AvgIpc) is 2.40. The first kappa shape index (κ1) is 16.5. The van der Waals surface area contributed by atoms with E-state index in [1.54, 1.807) is 24.8 Å². The first-order valence-corrected chi connectivity index (χ1v) is 7.58. The minimum Gasteiger partial charge on any atom is -0.355 e. The molecule has 4 nitrogen and oxygen atoms in total. The first-order valence-electron chi connectivity index (χ1n) is 7.17. The Balaban J connectivity index is 2.47. The molecule has 1 N–H and O–H groups in total. The Hall–Kier alpha value is -1.82. The number of carbonyl (C=O) groups is 2. The summed E-state index contributed by atoms with van der Waals surface area (Å²) in [5, 5.41) is 2.39. The summed E-state index contributed by atoms with van der Waals surface area (Å²) in [5.74, 6) is -1.09. The molecular formula is C16H19FN2O2S. The van der Waals surface area contributed by atoms with Gasteiger partial charge in [0, 0.05) is 12.7 Å². The minimum atomic E-state index is -0.674. The molecule has 118 valence electrons. The van der Waals surface area contributed by atoms with E-state index in [0.717, 1.165) is 6.42 Å². The number of hydrogen-bond acceptors (Lipinski definition) is 3. The number of hydrogen-bond donors (Lipinski definition) is 1. The zero-order chi connectivity index (χ0) is 16.5. The van der Waals surface area contributed by atoms with Crippen LogP contribution < -0.4 is 10.2 Å². The van der Waals surface area contributed by atoms with Crippen LogP contribution in [0.1, 0.15) is 43.5 Å². The number of carbonyl (C=O) groups excluding carboxylic acids is 2. The summed E-state index contributed by atoms with van der Waals surface area (Å²) in [4.78, 5) is 25.9. The van der Waals surface area contributed by atoms with E-state index in [1.807, 2.05) is 0 Å². The van der Waals surface area contributed by atoms with Crippen molar-refractivity contribution in [3.8, 4) is 0 Å². The Morgan fingerprint density at radius 3 is 2.32 bits per heavy atom. The lowest BCUT2D eigenvalue weighted by Gasteiger charge is -2.49. The van der Waals surface area contributed by atoms with Gasteiger partial charge in [0.2, 0.25) is 0 Å². The second-order valence-electron chi connectivity index (χ2n) is 5.54. The van der Waals surface area contributed by atoms with Crippen molar-refractivity contribution in [3.63, 3.8) is 0 Å². The summed E-state index contributed by atoms with van der Waals surface area (Å²) in [7, 11) is 1.45. The van der Waals surface area contributed by atoms with Crippen LogP contribution in [0.4, 0.5) is 10.1 Å². The minimum absolute atomic E-state index is 0.0266. The maximum Gasteiger partial charge on any atom is 0.253 e. The molecule has 0 aromatic heterocycles. The van der Waals surface area contributed by atoms with Crippen molar-refractivity contribution in [2.45, 2.75) is 38.6 Å². The first-order chi connectivity index (χ1) is 10.3. The van der Waals surface area contributed by atoms with Crippen molar-refractivity contribution in [2.24, 2.45) is 0 Å². The van der Waals surface area contributed by atoms with Crippen LogP contribution in [0.2, 0.25) is 0 Å². The van der Waals surface area contributed by atoms with Crippen molar-refractivity contribution in [1.82, 2.24) is 5.32 Å². The van der Waals surface area contributed by atoms with Crippen LogP contribution in [0.3, 0.4) is 0 Å². The van der Waals surface area contributed by atoms with Crippen LogP contribution in [-0.2, 0) is 4.79 Å². The van der Waals surface area contributed by atoms with Gasteiger partial charge in [0.15, 0.2) is 5.78 Å². The highest BCUT2D eigenvalue weighted by atomic mass is 32.1. The smallest absolute Gasteiger partial charge is 0.253 e. The topological polar surface area (TPSA) is 49.4 Å². The highest BCUT2D eigenvalue weighted by Crippen LogP contribution is 2.42. The molecule has 1 aromatic carbocycles. The standard InChI is InChI=1S/C16H19FN2O2S/c1-10(20)16(7-4-8-16)19(11(2)22)12-5-6-13(14(17)9-12)15(21)18-3/h5-6,9H,4,7-8H2,1-3H3,(H,18,21). The molecule has 0 heterocycles. The third kappa shape index (κ3) is 2.63. The predicted octanol–water partition coefficient (Wildman–Crippen LogP) is 2.85. The highest BCUT2D eigenvalue weighted by Gasteiger charge is 2.47. The Morgan fingerprint density at radius 2 is 1.95 bits per heavy atom. The Kier molecular flexibility index (Phi) is 4.60. The zero-order valence-corrected chi connectivity index (χ0v) is 13.7. The Bertz CT molecular complexity index is 641. The fraction of sp³-hybridized carbons (Fsp3) is 0.438. The number of rotatable bonds is 4. The molecule has 0 unspecified atom stereocenters. The molecule has 6 heteroatoms. The van der Waals surface area contributed by atoms with Gasteiger partial charge in [-0.2, -0.15) is 0 Å². The summed E-state index contributed by atoms with van der Waals surface area (Å²) in [6, 6.07) is 4.32. The molecule has 0 saturated heterocycles. The molecule has 1 aliphatic carbocycles. The van der Waals surface area contributed by atoms with E-state index >= 15 is 0 Å². The van der Waals surface area contributed by atoms with Gasteiger partial charge in [0.25, 0.3) is 5.91 Å². The molecule has 22 heavy (non-hydrogen) atoms. The number of anilines is 1. The van der Waals surface area contributed by atoms with Gasteiger partial charge >= 0.3 is 0 Å². The molecule has 0 atom stereocenters. The lowest BCUT2D eigenvalue weighted by atomic mass is 9.72. The Morgan fingerprint density at radius 1 is 1.32 bits per heavy atom. The summed E-state index contributed by atoms with van der Waals surface area (Å²) in [6.45, 7) is 3.27. The maximum absolute atomic E-state index is 14.2. The van der Waals surface area contributed by atoms with E-state index in [9.17, 15) is 14.0 Å². The van der Waals surface area contributed by atoms with Crippen LogP contribution in [-0.4, -0.2) is 29.3 Å². The van der Waals surface area contributed by atoms with Crippen LogP contribution in [0, 0.1) is 5.82 Å². The summed E-state index contributed by atoms with van der Waals surface area (Å²) in [6.07, 6.45) is 2.35. The van der Waals surface area contributed by atoms with E-state index in [4.69, 9.17) is 12.2 Å². The molecule has 0 spiro atoms. The van der Waals surface area contributed by atoms with Gasteiger partial charge in [0.1, 0.15) is 11.4 Å². The fourth-order valence-electron chi connectivity index (χ4n) is 2.94. The molecule has 1 saturated carbocycles. The van der Waals surface area contributed by atoms with Crippen molar-refractivity contribution in [3.05, 3.63) is 29.6 Å². The molecule has 1 aliphatic rings. The highest BCUT2D eigenvalue weighted by molar-refractivity contribution is 7.80. The average molecular weight is 322 g/mol. The normalized spacial score (nSPS) is 15.6. The molecule has 1 amide bonds. The van der Waals surface area contributed by atoms with Gasteiger partial charge in [-0.1, -0.05) is 12.2 Å². The van der Waals surface area contributed by atoms with Crippen LogP contribution in [0.25, 0.3) is 0 Å². The van der Waals surface area contributed by atoms with E-state index < -0.39 is 17.3 Å². The van der Waals surface area contributed by atoms with Crippen LogP contribution in [0.5, 0.6) is 0 Å².